The van der Waals surface area contributed by atoms with Crippen molar-refractivity contribution in [2.75, 3.05) is 5.32 Å². The molecule has 0 aliphatic rings. The number of anilines is 1. The first-order chi connectivity index (χ1) is 14.9. The van der Waals surface area contributed by atoms with Crippen LogP contribution in [0.5, 0.6) is 5.75 Å². The minimum Gasteiger partial charge on any atom is -0.435 e. The SMILES string of the molecule is Cn1ncc(-c2ccc3cnc(NC(=O)c4ccc(OC(F)F)cc4)nc3c2)c1CO. The predicted molar refractivity (Wildman–Crippen MR) is 109 cm³/mol. The number of aliphatic hydroxyl groups excluding tert-OH is 1. The molecule has 0 unspecified atom stereocenters. The number of rotatable bonds is 6. The fourth-order valence-electron chi connectivity index (χ4n) is 3.10. The van der Waals surface area contributed by atoms with Gasteiger partial charge in [-0.1, -0.05) is 12.1 Å². The maximum absolute atomic E-state index is 12.4. The maximum Gasteiger partial charge on any atom is 0.387 e. The van der Waals surface area contributed by atoms with E-state index in [0.29, 0.717) is 11.2 Å². The lowest BCUT2D eigenvalue weighted by atomic mass is 10.0. The number of ether oxygens (including phenoxy) is 1. The van der Waals surface area contributed by atoms with Crippen molar-refractivity contribution in [1.29, 1.82) is 0 Å². The Morgan fingerprint density at radius 1 is 1.19 bits per heavy atom. The van der Waals surface area contributed by atoms with Gasteiger partial charge in [0.1, 0.15) is 5.75 Å². The first-order valence-corrected chi connectivity index (χ1v) is 9.19. The highest BCUT2D eigenvalue weighted by Crippen LogP contribution is 2.26. The summed E-state index contributed by atoms with van der Waals surface area (Å²) in [6.45, 7) is -3.09. The lowest BCUT2D eigenvalue weighted by Crippen LogP contribution is -2.14. The van der Waals surface area contributed by atoms with E-state index in [1.807, 2.05) is 18.2 Å². The van der Waals surface area contributed by atoms with E-state index in [2.05, 4.69) is 25.1 Å². The Labute approximate surface area is 175 Å². The van der Waals surface area contributed by atoms with E-state index >= 15 is 0 Å². The van der Waals surface area contributed by atoms with E-state index in [4.69, 9.17) is 0 Å². The minimum atomic E-state index is -2.93. The second kappa shape index (κ2) is 8.44. The number of hydrogen-bond donors (Lipinski definition) is 2. The van der Waals surface area contributed by atoms with Crippen LogP contribution in [0.25, 0.3) is 22.0 Å². The van der Waals surface area contributed by atoms with Gasteiger partial charge in [0.2, 0.25) is 5.95 Å². The Kier molecular flexibility index (Phi) is 5.54. The smallest absolute Gasteiger partial charge is 0.387 e. The second-order valence-corrected chi connectivity index (χ2v) is 6.61. The summed E-state index contributed by atoms with van der Waals surface area (Å²) in [5.74, 6) is -0.441. The number of aryl methyl sites for hydroxylation is 1. The predicted octanol–water partition coefficient (Wildman–Crippen LogP) is 3.38. The van der Waals surface area contributed by atoms with Crippen molar-refractivity contribution in [3.63, 3.8) is 0 Å². The Balaban J connectivity index is 1.57. The molecule has 2 aromatic heterocycles. The minimum absolute atomic E-state index is 0.0429. The lowest BCUT2D eigenvalue weighted by Gasteiger charge is -2.08. The summed E-state index contributed by atoms with van der Waals surface area (Å²) in [7, 11) is 1.75. The van der Waals surface area contributed by atoms with Crippen molar-refractivity contribution in [2.45, 2.75) is 13.2 Å². The summed E-state index contributed by atoms with van der Waals surface area (Å²) in [5, 5.41) is 17.1. The summed E-state index contributed by atoms with van der Waals surface area (Å²) in [6, 6.07) is 10.8. The monoisotopic (exact) mass is 425 g/mol. The van der Waals surface area contributed by atoms with Gasteiger partial charge in [-0.15, -0.1) is 0 Å². The summed E-state index contributed by atoms with van der Waals surface area (Å²) < 4.78 is 30.3. The normalized spacial score (nSPS) is 11.1. The Hall–Kier alpha value is -3.92. The number of carbonyl (C=O) groups is 1. The van der Waals surface area contributed by atoms with Crippen LogP contribution in [0.1, 0.15) is 16.1 Å². The van der Waals surface area contributed by atoms with Crippen LogP contribution in [-0.2, 0) is 13.7 Å². The average molecular weight is 425 g/mol. The van der Waals surface area contributed by atoms with Crippen molar-refractivity contribution in [3.8, 4) is 16.9 Å². The highest BCUT2D eigenvalue weighted by atomic mass is 19.3. The van der Waals surface area contributed by atoms with Crippen molar-refractivity contribution >= 4 is 22.8 Å². The molecule has 158 valence electrons. The van der Waals surface area contributed by atoms with Crippen molar-refractivity contribution in [2.24, 2.45) is 7.05 Å². The molecule has 0 bridgehead atoms. The summed E-state index contributed by atoms with van der Waals surface area (Å²) >= 11 is 0. The van der Waals surface area contributed by atoms with Gasteiger partial charge in [-0.05, 0) is 35.9 Å². The third-order valence-electron chi connectivity index (χ3n) is 4.67. The molecular formula is C21H17F2N5O3. The molecule has 0 radical (unpaired) electrons. The molecule has 0 saturated heterocycles. The van der Waals surface area contributed by atoms with Crippen molar-refractivity contribution in [3.05, 3.63) is 66.1 Å². The number of carbonyl (C=O) groups excluding carboxylic acids is 1. The molecule has 0 spiro atoms. The van der Waals surface area contributed by atoms with Crippen LogP contribution in [0.4, 0.5) is 14.7 Å². The number of amides is 1. The number of aliphatic hydroxyl groups is 1. The average Bonchev–Trinajstić information content (AvgIpc) is 3.13. The number of alkyl halides is 2. The number of hydrogen-bond acceptors (Lipinski definition) is 6. The molecule has 0 saturated carbocycles. The molecule has 0 aliphatic carbocycles. The molecule has 8 nitrogen and oxygen atoms in total. The van der Waals surface area contributed by atoms with Crippen molar-refractivity contribution < 1.29 is 23.4 Å². The van der Waals surface area contributed by atoms with E-state index in [1.165, 1.54) is 24.3 Å². The van der Waals surface area contributed by atoms with E-state index < -0.39 is 12.5 Å². The first kappa shape index (κ1) is 20.4. The Morgan fingerprint density at radius 3 is 2.68 bits per heavy atom. The zero-order valence-electron chi connectivity index (χ0n) is 16.3. The Bertz CT molecular complexity index is 1240. The quantitative estimate of drug-likeness (QED) is 0.491. The number of benzene rings is 2. The van der Waals surface area contributed by atoms with Gasteiger partial charge in [-0.2, -0.15) is 13.9 Å². The van der Waals surface area contributed by atoms with Gasteiger partial charge in [-0.25, -0.2) is 9.97 Å². The lowest BCUT2D eigenvalue weighted by molar-refractivity contribution is -0.0498. The van der Waals surface area contributed by atoms with Crippen molar-refractivity contribution in [1.82, 2.24) is 19.7 Å². The van der Waals surface area contributed by atoms with E-state index in [1.54, 1.807) is 24.1 Å². The van der Waals surface area contributed by atoms with Gasteiger partial charge < -0.3 is 9.84 Å². The molecule has 31 heavy (non-hydrogen) atoms. The van der Waals surface area contributed by atoms with Crippen LogP contribution in [0.2, 0.25) is 0 Å². The molecule has 0 aliphatic heterocycles. The van der Waals surface area contributed by atoms with Crippen LogP contribution >= 0.6 is 0 Å². The number of aromatic nitrogens is 4. The fourth-order valence-corrected chi connectivity index (χ4v) is 3.10. The molecular weight excluding hydrogens is 408 g/mol. The summed E-state index contributed by atoms with van der Waals surface area (Å²) in [4.78, 5) is 21.0. The number of fused-ring (bicyclic) bond motifs is 1. The third kappa shape index (κ3) is 4.33. The number of halogens is 2. The van der Waals surface area contributed by atoms with Crippen LogP contribution < -0.4 is 10.1 Å². The van der Waals surface area contributed by atoms with Gasteiger partial charge in [0.25, 0.3) is 5.91 Å². The van der Waals surface area contributed by atoms with Gasteiger partial charge in [0.15, 0.2) is 0 Å². The van der Waals surface area contributed by atoms with Crippen LogP contribution in [-0.4, -0.2) is 37.4 Å². The van der Waals surface area contributed by atoms with Gasteiger partial charge in [-0.3, -0.25) is 14.8 Å². The zero-order valence-corrected chi connectivity index (χ0v) is 16.3. The standard InChI is InChI=1S/C21H17F2N5O3/c1-28-18(11-29)16(10-25-28)13-2-3-14-9-24-21(26-17(14)8-13)27-19(30)12-4-6-15(7-5-12)31-20(22)23/h2-10,20,29H,11H2,1H3,(H,24,26,27,30). The number of nitrogens with one attached hydrogen (secondary N) is 1. The van der Waals surface area contributed by atoms with Crippen LogP contribution in [0.15, 0.2) is 54.9 Å². The zero-order chi connectivity index (χ0) is 22.0. The van der Waals surface area contributed by atoms with E-state index in [0.717, 1.165) is 16.5 Å². The van der Waals surface area contributed by atoms with Gasteiger partial charge >= 0.3 is 6.61 Å². The summed E-state index contributed by atoms with van der Waals surface area (Å²) in [5.41, 5.74) is 3.09. The third-order valence-corrected chi connectivity index (χ3v) is 4.67. The molecule has 4 rings (SSSR count). The van der Waals surface area contributed by atoms with E-state index in [-0.39, 0.29) is 23.9 Å². The molecule has 2 aromatic carbocycles. The molecule has 2 N–H and O–H groups in total. The molecule has 2 heterocycles. The van der Waals surface area contributed by atoms with Gasteiger partial charge in [0.05, 0.1) is 24.0 Å². The highest BCUT2D eigenvalue weighted by Gasteiger charge is 2.13. The maximum atomic E-state index is 12.4. The van der Waals surface area contributed by atoms with Gasteiger partial charge in [0, 0.05) is 29.8 Å². The molecule has 10 heteroatoms. The highest BCUT2D eigenvalue weighted by molar-refractivity contribution is 6.03. The van der Waals surface area contributed by atoms with Crippen LogP contribution in [0.3, 0.4) is 0 Å². The Morgan fingerprint density at radius 2 is 1.97 bits per heavy atom. The van der Waals surface area contributed by atoms with E-state index in [9.17, 15) is 18.7 Å². The summed E-state index contributed by atoms with van der Waals surface area (Å²) in [6.07, 6.45) is 3.25. The topological polar surface area (TPSA) is 102 Å². The second-order valence-electron chi connectivity index (χ2n) is 6.61. The molecule has 4 aromatic rings. The fraction of sp³-hybridized carbons (Fsp3) is 0.143. The molecule has 0 atom stereocenters. The number of nitrogens with zero attached hydrogens (tertiary/aromatic N) is 4. The first-order valence-electron chi connectivity index (χ1n) is 9.19. The van der Waals surface area contributed by atoms with Crippen LogP contribution in [0, 0.1) is 0 Å². The molecule has 1 amide bonds. The molecule has 0 fully saturated rings. The largest absolute Gasteiger partial charge is 0.435 e.